The predicted molar refractivity (Wildman–Crippen MR) is 32.0 cm³/mol. The van der Waals surface area contributed by atoms with Crippen LogP contribution in [0.1, 0.15) is 0 Å². The molecule has 0 radical (unpaired) electrons. The summed E-state index contributed by atoms with van der Waals surface area (Å²) in [6.07, 6.45) is 0. The molecule has 0 aliphatic heterocycles. The number of nitrogens with one attached hydrogen (secondary N) is 1. The highest BCUT2D eigenvalue weighted by Crippen LogP contribution is 1.68. The first-order chi connectivity index (χ1) is 4.13. The molecule has 0 aromatic heterocycles. The van der Waals surface area contributed by atoms with Crippen LogP contribution in [0.5, 0.6) is 0 Å². The molecule has 54 valence electrons. The van der Waals surface area contributed by atoms with Gasteiger partial charge in [0, 0.05) is 20.1 Å². The van der Waals surface area contributed by atoms with Gasteiger partial charge in [-0.1, -0.05) is 0 Å². The minimum Gasteiger partial charge on any atom is -0.352 e. The maximum atomic E-state index is 9.99. The van der Waals surface area contributed by atoms with Crippen molar-refractivity contribution in [2.24, 2.45) is 5.73 Å². The average molecular weight is 133 g/mol. The third kappa shape index (κ3) is 7.19. The van der Waals surface area contributed by atoms with Crippen molar-refractivity contribution in [3.05, 3.63) is 0 Å². The molecule has 5 nitrogen and oxygen atoms in total. The zero-order valence-corrected chi connectivity index (χ0v) is 5.29. The highest BCUT2D eigenvalue weighted by molar-refractivity contribution is 5.71. The lowest BCUT2D eigenvalue weighted by Gasteiger charge is -2.06. The minimum absolute atomic E-state index is 0.363. The topological polar surface area (TPSA) is 78.6 Å². The molecule has 0 heterocycles. The van der Waals surface area contributed by atoms with Crippen LogP contribution in [-0.4, -0.2) is 36.4 Å². The van der Waals surface area contributed by atoms with Crippen LogP contribution in [0.4, 0.5) is 4.79 Å². The van der Waals surface area contributed by atoms with Gasteiger partial charge in [-0.3, -0.25) is 0 Å². The molecule has 0 bridgehead atoms. The van der Waals surface area contributed by atoms with E-state index in [4.69, 9.17) is 10.9 Å². The van der Waals surface area contributed by atoms with E-state index in [1.807, 2.05) is 0 Å². The number of urea groups is 1. The Morgan fingerprint density at radius 3 is 2.78 bits per heavy atom. The monoisotopic (exact) mass is 133 g/mol. The summed E-state index contributed by atoms with van der Waals surface area (Å²) in [5.74, 6) is 0. The fraction of sp³-hybridized carbons (Fsp3) is 0.750. The smallest absolute Gasteiger partial charge is 0.312 e. The summed E-state index contributed by atoms with van der Waals surface area (Å²) in [4.78, 5) is 9.99. The summed E-state index contributed by atoms with van der Waals surface area (Å²) in [5, 5.41) is 11.8. The van der Waals surface area contributed by atoms with Gasteiger partial charge in [0.05, 0.1) is 0 Å². The normalized spacial score (nSPS) is 9.67. The largest absolute Gasteiger partial charge is 0.352 e. The van der Waals surface area contributed by atoms with Crippen LogP contribution in [-0.2, 0) is 0 Å². The molecule has 0 aromatic rings. The number of primary amides is 1. The molecule has 0 atom stereocenters. The Morgan fingerprint density at radius 1 is 1.89 bits per heavy atom. The molecule has 0 rings (SSSR count). The van der Waals surface area contributed by atoms with Gasteiger partial charge in [-0.15, -0.1) is 0 Å². The summed E-state index contributed by atoms with van der Waals surface area (Å²) < 4.78 is 0. The number of nitrogens with two attached hydrogens (primary N) is 1. The second kappa shape index (κ2) is 4.11. The predicted octanol–water partition coefficient (Wildman–Crippen LogP) is -1.02. The summed E-state index contributed by atoms with van der Waals surface area (Å²) in [6.45, 7) is 0.741. The Hall–Kier alpha value is -0.810. The van der Waals surface area contributed by atoms with Crippen molar-refractivity contribution in [1.29, 1.82) is 0 Å². The number of carbonyl (C=O) groups is 1. The number of hydrogen-bond acceptors (Lipinski definition) is 3. The van der Waals surface area contributed by atoms with Crippen LogP contribution in [0.2, 0.25) is 0 Å². The second-order valence-corrected chi connectivity index (χ2v) is 1.67. The Kier molecular flexibility index (Phi) is 3.74. The Bertz CT molecular complexity index is 93.8. The van der Waals surface area contributed by atoms with E-state index >= 15 is 0 Å². The fourth-order valence-electron chi connectivity index (χ4n) is 0.341. The quantitative estimate of drug-likeness (QED) is 0.431. The minimum atomic E-state index is -0.572. The molecule has 4 N–H and O–H groups in total. The van der Waals surface area contributed by atoms with Crippen LogP contribution in [0, 0.1) is 0 Å². The third-order valence-corrected chi connectivity index (χ3v) is 0.735. The van der Waals surface area contributed by atoms with Crippen LogP contribution < -0.4 is 11.1 Å². The van der Waals surface area contributed by atoms with Crippen molar-refractivity contribution >= 4 is 6.03 Å². The maximum absolute atomic E-state index is 9.99. The van der Waals surface area contributed by atoms with Gasteiger partial charge in [0.2, 0.25) is 0 Å². The first-order valence-corrected chi connectivity index (χ1v) is 2.56. The first-order valence-electron chi connectivity index (χ1n) is 2.56. The van der Waals surface area contributed by atoms with Crippen LogP contribution in [0.15, 0.2) is 0 Å². The van der Waals surface area contributed by atoms with Gasteiger partial charge in [-0.05, 0) is 0 Å². The molecule has 2 amide bonds. The number of amides is 2. The van der Waals surface area contributed by atoms with Crippen molar-refractivity contribution in [3.8, 4) is 0 Å². The van der Waals surface area contributed by atoms with Crippen molar-refractivity contribution in [2.75, 3.05) is 20.1 Å². The van der Waals surface area contributed by atoms with E-state index in [1.54, 1.807) is 0 Å². The molecule has 0 spiro atoms. The zero-order valence-electron chi connectivity index (χ0n) is 5.29. The lowest BCUT2D eigenvalue weighted by molar-refractivity contribution is -0.0624. The summed E-state index contributed by atoms with van der Waals surface area (Å²) in [6, 6.07) is -0.572. The van der Waals surface area contributed by atoms with E-state index in [0.29, 0.717) is 13.1 Å². The number of likely N-dealkylation sites (N-methyl/N-ethyl adjacent to an activating group) is 1. The third-order valence-electron chi connectivity index (χ3n) is 0.735. The van der Waals surface area contributed by atoms with Crippen molar-refractivity contribution < 1.29 is 10.0 Å². The average Bonchev–Trinajstić information content (AvgIpc) is 1.63. The molecular formula is C4H11N3O2. The SMILES string of the molecule is CN(O)CCNC(N)=O. The molecule has 5 heteroatoms. The van der Waals surface area contributed by atoms with Gasteiger partial charge in [0.15, 0.2) is 0 Å². The number of carbonyl (C=O) groups excluding carboxylic acids is 1. The first kappa shape index (κ1) is 8.19. The van der Waals surface area contributed by atoms with Gasteiger partial charge in [0.25, 0.3) is 0 Å². The molecule has 0 aliphatic carbocycles. The summed E-state index contributed by atoms with van der Waals surface area (Å²) >= 11 is 0. The number of nitrogens with zero attached hydrogens (tertiary/aromatic N) is 1. The molecular weight excluding hydrogens is 122 g/mol. The van der Waals surface area contributed by atoms with Gasteiger partial charge in [-0.25, -0.2) is 4.79 Å². The molecule has 0 aromatic carbocycles. The fourth-order valence-corrected chi connectivity index (χ4v) is 0.341. The van der Waals surface area contributed by atoms with E-state index in [-0.39, 0.29) is 0 Å². The van der Waals surface area contributed by atoms with E-state index in [9.17, 15) is 4.79 Å². The Balaban J connectivity index is 3.01. The van der Waals surface area contributed by atoms with Crippen LogP contribution in [0.25, 0.3) is 0 Å². The second-order valence-electron chi connectivity index (χ2n) is 1.67. The lowest BCUT2D eigenvalue weighted by atomic mass is 10.6. The number of rotatable bonds is 3. The van der Waals surface area contributed by atoms with E-state index in [0.717, 1.165) is 5.06 Å². The molecule has 0 saturated carbocycles. The van der Waals surface area contributed by atoms with Gasteiger partial charge in [0.1, 0.15) is 0 Å². The van der Waals surface area contributed by atoms with Crippen LogP contribution >= 0.6 is 0 Å². The lowest BCUT2D eigenvalue weighted by Crippen LogP contribution is -2.35. The number of hydroxylamine groups is 2. The van der Waals surface area contributed by atoms with Gasteiger partial charge >= 0.3 is 6.03 Å². The molecule has 0 aliphatic rings. The van der Waals surface area contributed by atoms with Gasteiger partial charge in [-0.2, -0.15) is 5.06 Å². The van der Waals surface area contributed by atoms with Crippen molar-refractivity contribution in [3.63, 3.8) is 0 Å². The summed E-state index contributed by atoms with van der Waals surface area (Å²) in [7, 11) is 1.49. The van der Waals surface area contributed by atoms with Crippen molar-refractivity contribution in [2.45, 2.75) is 0 Å². The van der Waals surface area contributed by atoms with Gasteiger partial charge < -0.3 is 16.3 Å². The molecule has 0 unspecified atom stereocenters. The molecule has 0 fully saturated rings. The molecule has 0 saturated heterocycles. The Morgan fingerprint density at radius 2 is 2.44 bits per heavy atom. The van der Waals surface area contributed by atoms with Crippen LogP contribution in [0.3, 0.4) is 0 Å². The number of hydrogen-bond donors (Lipinski definition) is 3. The molecule has 9 heavy (non-hydrogen) atoms. The maximum Gasteiger partial charge on any atom is 0.312 e. The van der Waals surface area contributed by atoms with E-state index in [2.05, 4.69) is 5.32 Å². The highest BCUT2D eigenvalue weighted by atomic mass is 16.5. The van der Waals surface area contributed by atoms with E-state index in [1.165, 1.54) is 7.05 Å². The zero-order chi connectivity index (χ0) is 7.28. The van der Waals surface area contributed by atoms with E-state index < -0.39 is 6.03 Å². The standard InChI is InChI=1S/C4H11N3O2/c1-7(9)3-2-6-4(5)8/h9H,2-3H2,1H3,(H3,5,6,8). The summed E-state index contributed by atoms with van der Waals surface area (Å²) in [5.41, 5.74) is 4.73. The highest BCUT2D eigenvalue weighted by Gasteiger charge is 1.91. The Labute approximate surface area is 53.4 Å². The van der Waals surface area contributed by atoms with Crippen molar-refractivity contribution in [1.82, 2.24) is 10.4 Å².